The number of rotatable bonds is 6. The van der Waals surface area contributed by atoms with E-state index in [1.54, 1.807) is 0 Å². The third-order valence-electron chi connectivity index (χ3n) is 3.08. The summed E-state index contributed by atoms with van der Waals surface area (Å²) in [5.74, 6) is 0. The maximum absolute atomic E-state index is 4.06. The molecule has 0 saturated carbocycles. The van der Waals surface area contributed by atoms with E-state index in [0.717, 1.165) is 25.9 Å². The van der Waals surface area contributed by atoms with Crippen LogP contribution in [-0.2, 0) is 12.8 Å². The summed E-state index contributed by atoms with van der Waals surface area (Å²) in [7, 11) is 0. The molecule has 2 rings (SSSR count). The molecule has 0 atom stereocenters. The van der Waals surface area contributed by atoms with E-state index in [9.17, 15) is 0 Å². The van der Waals surface area contributed by atoms with Crippen LogP contribution in [-0.4, -0.2) is 18.1 Å². The van der Waals surface area contributed by atoms with Crippen molar-refractivity contribution in [1.82, 2.24) is 10.3 Å². The van der Waals surface area contributed by atoms with E-state index >= 15 is 0 Å². The van der Waals surface area contributed by atoms with Crippen molar-refractivity contribution in [2.75, 3.05) is 13.1 Å². The molecule has 0 amide bonds. The Balaban J connectivity index is 2.07. The Morgan fingerprint density at radius 1 is 1.00 bits per heavy atom. The second-order valence-electron chi connectivity index (χ2n) is 4.40. The SMILES string of the molecule is CCNCCc1ccccc1Cc1ccncc1. The molecular weight excluding hydrogens is 220 g/mol. The first-order chi connectivity index (χ1) is 8.90. The summed E-state index contributed by atoms with van der Waals surface area (Å²) in [6, 6.07) is 12.9. The van der Waals surface area contributed by atoms with Crippen LogP contribution in [0, 0.1) is 0 Å². The molecule has 0 aliphatic carbocycles. The molecule has 0 saturated heterocycles. The fourth-order valence-electron chi connectivity index (χ4n) is 2.09. The van der Waals surface area contributed by atoms with Crippen molar-refractivity contribution in [2.24, 2.45) is 0 Å². The van der Waals surface area contributed by atoms with Crippen LogP contribution in [0.2, 0.25) is 0 Å². The molecule has 0 spiro atoms. The average Bonchev–Trinajstić information content (AvgIpc) is 2.42. The van der Waals surface area contributed by atoms with Gasteiger partial charge in [0, 0.05) is 12.4 Å². The normalized spacial score (nSPS) is 10.5. The lowest BCUT2D eigenvalue weighted by molar-refractivity contribution is 0.714. The molecule has 0 bridgehead atoms. The second kappa shape index (κ2) is 6.92. The molecule has 0 aliphatic rings. The maximum Gasteiger partial charge on any atom is 0.0270 e. The fraction of sp³-hybridized carbons (Fsp3) is 0.312. The molecule has 0 unspecified atom stereocenters. The third kappa shape index (κ3) is 3.67. The molecule has 0 fully saturated rings. The number of pyridine rings is 1. The van der Waals surface area contributed by atoms with Crippen LogP contribution in [0.25, 0.3) is 0 Å². The number of nitrogens with one attached hydrogen (secondary N) is 1. The molecule has 2 nitrogen and oxygen atoms in total. The number of benzene rings is 1. The molecule has 1 aromatic heterocycles. The van der Waals surface area contributed by atoms with Crippen LogP contribution >= 0.6 is 0 Å². The van der Waals surface area contributed by atoms with E-state index in [2.05, 4.69) is 53.6 Å². The highest BCUT2D eigenvalue weighted by Gasteiger charge is 2.02. The summed E-state index contributed by atoms with van der Waals surface area (Å²) in [6.07, 6.45) is 5.80. The molecular formula is C16H20N2. The highest BCUT2D eigenvalue weighted by molar-refractivity contribution is 5.32. The van der Waals surface area contributed by atoms with Gasteiger partial charge in [0.2, 0.25) is 0 Å². The van der Waals surface area contributed by atoms with Gasteiger partial charge in [0.25, 0.3) is 0 Å². The Kier molecular flexibility index (Phi) is 4.91. The van der Waals surface area contributed by atoms with Gasteiger partial charge in [0.05, 0.1) is 0 Å². The Morgan fingerprint density at radius 3 is 2.44 bits per heavy atom. The largest absolute Gasteiger partial charge is 0.317 e. The van der Waals surface area contributed by atoms with Gasteiger partial charge in [0.1, 0.15) is 0 Å². The van der Waals surface area contributed by atoms with Crippen LogP contribution in [0.1, 0.15) is 23.6 Å². The first-order valence-corrected chi connectivity index (χ1v) is 6.56. The zero-order valence-corrected chi connectivity index (χ0v) is 10.9. The second-order valence-corrected chi connectivity index (χ2v) is 4.40. The Bertz CT molecular complexity index is 466. The summed E-state index contributed by atoms with van der Waals surface area (Å²) >= 11 is 0. The van der Waals surface area contributed by atoms with Crippen molar-refractivity contribution in [3.63, 3.8) is 0 Å². The monoisotopic (exact) mass is 240 g/mol. The lowest BCUT2D eigenvalue weighted by Gasteiger charge is -2.09. The number of likely N-dealkylation sites (N-methyl/N-ethyl adjacent to an activating group) is 1. The number of hydrogen-bond acceptors (Lipinski definition) is 2. The van der Waals surface area contributed by atoms with Crippen molar-refractivity contribution in [1.29, 1.82) is 0 Å². The van der Waals surface area contributed by atoms with Gasteiger partial charge in [-0.3, -0.25) is 4.98 Å². The predicted molar refractivity (Wildman–Crippen MR) is 75.7 cm³/mol. The molecule has 18 heavy (non-hydrogen) atoms. The van der Waals surface area contributed by atoms with E-state index in [4.69, 9.17) is 0 Å². The first-order valence-electron chi connectivity index (χ1n) is 6.56. The van der Waals surface area contributed by atoms with Gasteiger partial charge in [-0.05, 0) is 54.8 Å². The Hall–Kier alpha value is -1.67. The minimum Gasteiger partial charge on any atom is -0.317 e. The van der Waals surface area contributed by atoms with Crippen molar-refractivity contribution in [3.8, 4) is 0 Å². The maximum atomic E-state index is 4.06. The summed E-state index contributed by atoms with van der Waals surface area (Å²) in [5.41, 5.74) is 4.18. The standard InChI is InChI=1S/C16H20N2/c1-2-17-12-9-15-5-3-4-6-16(15)13-14-7-10-18-11-8-14/h3-8,10-11,17H,2,9,12-13H2,1H3. The summed E-state index contributed by atoms with van der Waals surface area (Å²) in [4.78, 5) is 4.06. The molecule has 94 valence electrons. The molecule has 1 N–H and O–H groups in total. The van der Waals surface area contributed by atoms with Crippen LogP contribution in [0.5, 0.6) is 0 Å². The summed E-state index contributed by atoms with van der Waals surface area (Å²) in [6.45, 7) is 4.22. The molecule has 0 aliphatic heterocycles. The third-order valence-corrected chi connectivity index (χ3v) is 3.08. The topological polar surface area (TPSA) is 24.9 Å². The molecule has 2 heteroatoms. The van der Waals surface area contributed by atoms with Crippen molar-refractivity contribution in [3.05, 3.63) is 65.5 Å². The van der Waals surface area contributed by atoms with E-state index < -0.39 is 0 Å². The minimum absolute atomic E-state index is 0.991. The number of aromatic nitrogens is 1. The molecule has 1 heterocycles. The highest BCUT2D eigenvalue weighted by atomic mass is 14.8. The van der Waals surface area contributed by atoms with Crippen LogP contribution in [0.15, 0.2) is 48.8 Å². The fourth-order valence-corrected chi connectivity index (χ4v) is 2.09. The smallest absolute Gasteiger partial charge is 0.0270 e. The molecule has 0 radical (unpaired) electrons. The number of nitrogens with zero attached hydrogens (tertiary/aromatic N) is 1. The predicted octanol–water partition coefficient (Wildman–Crippen LogP) is 2.82. The van der Waals surface area contributed by atoms with Gasteiger partial charge >= 0.3 is 0 Å². The minimum atomic E-state index is 0.991. The quantitative estimate of drug-likeness (QED) is 0.785. The van der Waals surface area contributed by atoms with Gasteiger partial charge in [-0.25, -0.2) is 0 Å². The zero-order chi connectivity index (χ0) is 12.6. The summed E-state index contributed by atoms with van der Waals surface area (Å²) < 4.78 is 0. The zero-order valence-electron chi connectivity index (χ0n) is 10.9. The van der Waals surface area contributed by atoms with Gasteiger partial charge in [-0.1, -0.05) is 31.2 Å². The lowest BCUT2D eigenvalue weighted by atomic mass is 9.98. The number of hydrogen-bond donors (Lipinski definition) is 1. The first kappa shape index (κ1) is 12.8. The lowest BCUT2D eigenvalue weighted by Crippen LogP contribution is -2.16. The summed E-state index contributed by atoms with van der Waals surface area (Å²) in [5, 5.41) is 3.38. The average molecular weight is 240 g/mol. The van der Waals surface area contributed by atoms with Crippen molar-refractivity contribution >= 4 is 0 Å². The molecule has 1 aromatic carbocycles. The van der Waals surface area contributed by atoms with Crippen LogP contribution in [0.4, 0.5) is 0 Å². The Labute approximate surface area is 109 Å². The van der Waals surface area contributed by atoms with Crippen molar-refractivity contribution < 1.29 is 0 Å². The van der Waals surface area contributed by atoms with Gasteiger partial charge in [-0.2, -0.15) is 0 Å². The van der Waals surface area contributed by atoms with Crippen molar-refractivity contribution in [2.45, 2.75) is 19.8 Å². The van der Waals surface area contributed by atoms with E-state index in [-0.39, 0.29) is 0 Å². The van der Waals surface area contributed by atoms with E-state index in [0.29, 0.717) is 0 Å². The highest BCUT2D eigenvalue weighted by Crippen LogP contribution is 2.14. The van der Waals surface area contributed by atoms with E-state index in [1.165, 1.54) is 16.7 Å². The Morgan fingerprint density at radius 2 is 1.72 bits per heavy atom. The van der Waals surface area contributed by atoms with Gasteiger partial charge < -0.3 is 5.32 Å². The van der Waals surface area contributed by atoms with Crippen LogP contribution in [0.3, 0.4) is 0 Å². The van der Waals surface area contributed by atoms with Gasteiger partial charge in [0.15, 0.2) is 0 Å². The van der Waals surface area contributed by atoms with E-state index in [1.807, 2.05) is 12.4 Å². The van der Waals surface area contributed by atoms with Crippen LogP contribution < -0.4 is 5.32 Å². The molecule has 2 aromatic rings. The van der Waals surface area contributed by atoms with Gasteiger partial charge in [-0.15, -0.1) is 0 Å².